The van der Waals surface area contributed by atoms with E-state index >= 15 is 0 Å². The molecule has 6 rings (SSSR count). The molecule has 0 bridgehead atoms. The number of rotatable bonds is 5. The normalized spacial score (nSPS) is 21.5. The average molecular weight is 489 g/mol. The summed E-state index contributed by atoms with van der Waals surface area (Å²) in [6, 6.07) is 5.12. The molecule has 1 amide bonds. The van der Waals surface area contributed by atoms with Gasteiger partial charge in [-0.25, -0.2) is 4.79 Å². The van der Waals surface area contributed by atoms with Crippen LogP contribution in [0.1, 0.15) is 37.0 Å². The number of hydrogen-bond acceptors (Lipinski definition) is 7. The number of nitrogens with zero attached hydrogens (tertiary/aromatic N) is 1. The van der Waals surface area contributed by atoms with Gasteiger partial charge in [0.1, 0.15) is 11.4 Å². The van der Waals surface area contributed by atoms with Gasteiger partial charge >= 0.3 is 5.97 Å². The highest BCUT2D eigenvalue weighted by atomic mass is 16.5. The minimum Gasteiger partial charge on any atom is -0.493 e. The molecule has 3 heterocycles. The maximum Gasteiger partial charge on any atom is 0.354 e. The van der Waals surface area contributed by atoms with Crippen LogP contribution in [0.15, 0.2) is 42.1 Å². The minimum atomic E-state index is -0.683. The third-order valence-electron chi connectivity index (χ3n) is 7.48. The number of benzene rings is 1. The van der Waals surface area contributed by atoms with Crippen molar-refractivity contribution < 1.29 is 33.3 Å². The SMILES string of the molecule is C=C1[C@@H]2CN(C(=O)c3cc4cc(OC)c(OC)c(OC)c4[nH]3)C3=CC(=O)c4[nH]c(C(=O)OC)cc4C132. The van der Waals surface area contributed by atoms with Crippen molar-refractivity contribution in [1.82, 2.24) is 14.9 Å². The van der Waals surface area contributed by atoms with E-state index in [4.69, 9.17) is 18.9 Å². The molecule has 1 saturated carbocycles. The number of methoxy groups -OCH3 is 4. The number of H-pyrrole nitrogens is 2. The number of carbonyl (C=O) groups is 3. The molecule has 2 aromatic heterocycles. The maximum atomic E-state index is 13.8. The summed E-state index contributed by atoms with van der Waals surface area (Å²) in [6.45, 7) is 4.58. The van der Waals surface area contributed by atoms with Gasteiger partial charge in [0, 0.05) is 29.6 Å². The summed E-state index contributed by atoms with van der Waals surface area (Å²) in [5.41, 5.74) is 2.88. The third-order valence-corrected chi connectivity index (χ3v) is 7.48. The number of ether oxygens (including phenoxy) is 4. The number of amides is 1. The molecule has 184 valence electrons. The molecule has 3 aromatic rings. The first-order valence-electron chi connectivity index (χ1n) is 11.2. The van der Waals surface area contributed by atoms with Gasteiger partial charge in [-0.1, -0.05) is 12.2 Å². The molecule has 10 heteroatoms. The number of piperidine rings is 1. The molecule has 10 nitrogen and oxygen atoms in total. The van der Waals surface area contributed by atoms with Gasteiger partial charge in [-0.2, -0.15) is 0 Å². The highest BCUT2D eigenvalue weighted by molar-refractivity contribution is 6.11. The van der Waals surface area contributed by atoms with Gasteiger partial charge in [0.15, 0.2) is 11.5 Å². The van der Waals surface area contributed by atoms with Crippen LogP contribution < -0.4 is 14.2 Å². The van der Waals surface area contributed by atoms with Crippen molar-refractivity contribution in [2.45, 2.75) is 5.41 Å². The van der Waals surface area contributed by atoms with Crippen molar-refractivity contribution in [1.29, 1.82) is 0 Å². The lowest BCUT2D eigenvalue weighted by atomic mass is 9.84. The average Bonchev–Trinajstić information content (AvgIpc) is 3.36. The number of likely N-dealkylation sites (tertiary alicyclic amines) is 1. The Kier molecular flexibility index (Phi) is 4.45. The minimum absolute atomic E-state index is 0.0556. The highest BCUT2D eigenvalue weighted by Crippen LogP contribution is 2.70. The van der Waals surface area contributed by atoms with Crippen LogP contribution in [-0.4, -0.2) is 67.5 Å². The first-order valence-corrected chi connectivity index (χ1v) is 11.2. The zero-order valence-electron chi connectivity index (χ0n) is 20.1. The standard InChI is InChI=1S/C26H23N3O7/c1-11-14-10-29(19-9-17(30)21-13(26(11,14)19)8-16(28-21)25(32)36-5)24(31)15-6-12-7-18(33-2)22(34-3)23(35-4)20(12)27-15/h6-9,14,27-28H,1,10H2,2-5H3/t14-,26?/m0/s1. The van der Waals surface area contributed by atoms with Crippen molar-refractivity contribution in [3.05, 3.63) is 64.8 Å². The molecule has 0 radical (unpaired) electrons. The third kappa shape index (κ3) is 2.53. The summed E-state index contributed by atoms with van der Waals surface area (Å²) in [7, 11) is 5.83. The van der Waals surface area contributed by atoms with Crippen LogP contribution in [-0.2, 0) is 10.2 Å². The number of hydrogen-bond donors (Lipinski definition) is 2. The van der Waals surface area contributed by atoms with Crippen molar-refractivity contribution in [3.8, 4) is 17.2 Å². The van der Waals surface area contributed by atoms with Crippen LogP contribution in [0.2, 0.25) is 0 Å². The lowest BCUT2D eigenvalue weighted by Gasteiger charge is -2.27. The smallest absolute Gasteiger partial charge is 0.354 e. The van der Waals surface area contributed by atoms with Crippen LogP contribution in [0.3, 0.4) is 0 Å². The summed E-state index contributed by atoms with van der Waals surface area (Å²) in [5, 5.41) is 0.709. The van der Waals surface area contributed by atoms with Crippen LogP contribution in [0, 0.1) is 5.92 Å². The van der Waals surface area contributed by atoms with E-state index < -0.39 is 11.4 Å². The summed E-state index contributed by atoms with van der Waals surface area (Å²) in [6.07, 6.45) is 1.46. The van der Waals surface area contributed by atoms with E-state index in [9.17, 15) is 14.4 Å². The van der Waals surface area contributed by atoms with Crippen molar-refractivity contribution in [2.75, 3.05) is 35.0 Å². The number of nitrogens with one attached hydrogen (secondary N) is 2. The Morgan fingerprint density at radius 3 is 2.44 bits per heavy atom. The Labute approximate surface area is 205 Å². The highest BCUT2D eigenvalue weighted by Gasteiger charge is 2.71. The molecular formula is C26H23N3O7. The van der Waals surface area contributed by atoms with Gasteiger partial charge in [-0.3, -0.25) is 9.59 Å². The van der Waals surface area contributed by atoms with Crippen LogP contribution in [0.4, 0.5) is 0 Å². The van der Waals surface area contributed by atoms with E-state index in [1.165, 1.54) is 34.5 Å². The van der Waals surface area contributed by atoms with Crippen molar-refractivity contribution in [3.63, 3.8) is 0 Å². The Morgan fingerprint density at radius 2 is 1.78 bits per heavy atom. The predicted octanol–water partition coefficient (Wildman–Crippen LogP) is 2.97. The number of allylic oxidation sites excluding steroid dienone is 2. The maximum absolute atomic E-state index is 13.8. The van der Waals surface area contributed by atoms with E-state index in [0.29, 0.717) is 57.3 Å². The van der Waals surface area contributed by atoms with Crippen LogP contribution >= 0.6 is 0 Å². The first kappa shape index (κ1) is 22.0. The van der Waals surface area contributed by atoms with Crippen molar-refractivity contribution in [2.24, 2.45) is 5.92 Å². The topological polar surface area (TPSA) is 123 Å². The second kappa shape index (κ2) is 7.27. The summed E-state index contributed by atoms with van der Waals surface area (Å²) in [4.78, 5) is 46.5. The summed E-state index contributed by atoms with van der Waals surface area (Å²) in [5.74, 6) is 0.0668. The molecule has 1 aliphatic heterocycles. The van der Waals surface area contributed by atoms with Gasteiger partial charge in [-0.05, 0) is 23.8 Å². The fourth-order valence-corrected chi connectivity index (χ4v) is 5.81. The number of fused-ring (bicyclic) bond motifs is 2. The Bertz CT molecular complexity index is 1560. The van der Waals surface area contributed by atoms with Gasteiger partial charge in [0.05, 0.1) is 45.1 Å². The Hall–Kier alpha value is -4.47. The van der Waals surface area contributed by atoms with Crippen LogP contribution in [0.25, 0.3) is 10.9 Å². The Morgan fingerprint density at radius 1 is 1.03 bits per heavy atom. The van der Waals surface area contributed by atoms with E-state index in [-0.39, 0.29) is 23.3 Å². The predicted molar refractivity (Wildman–Crippen MR) is 128 cm³/mol. The molecule has 1 unspecified atom stereocenters. The molecule has 1 spiro atoms. The molecule has 1 saturated heterocycles. The lowest BCUT2D eigenvalue weighted by molar-refractivity contribution is 0.0594. The number of carbonyl (C=O) groups excluding carboxylic acids is 3. The number of aromatic nitrogens is 2. The molecule has 3 aliphatic rings. The number of esters is 1. The fourth-order valence-electron chi connectivity index (χ4n) is 5.81. The molecule has 2 fully saturated rings. The molecule has 2 aliphatic carbocycles. The second-order valence-electron chi connectivity index (χ2n) is 8.95. The number of aromatic amines is 2. The van der Waals surface area contributed by atoms with E-state index in [1.54, 1.807) is 23.1 Å². The molecule has 36 heavy (non-hydrogen) atoms. The fraction of sp³-hybridized carbons (Fsp3) is 0.269. The molecule has 1 aromatic carbocycles. The zero-order chi connectivity index (χ0) is 25.5. The van der Waals surface area contributed by atoms with Gasteiger partial charge < -0.3 is 33.8 Å². The molecule has 2 atom stereocenters. The quantitative estimate of drug-likeness (QED) is 0.417. The van der Waals surface area contributed by atoms with Crippen molar-refractivity contribution >= 4 is 28.6 Å². The zero-order valence-corrected chi connectivity index (χ0v) is 20.1. The van der Waals surface area contributed by atoms with Gasteiger partial charge in [0.2, 0.25) is 11.5 Å². The lowest BCUT2D eigenvalue weighted by Crippen LogP contribution is -2.34. The monoisotopic (exact) mass is 489 g/mol. The van der Waals surface area contributed by atoms with E-state index in [0.717, 1.165) is 5.57 Å². The van der Waals surface area contributed by atoms with Gasteiger partial charge in [0.25, 0.3) is 5.91 Å². The first-order chi connectivity index (χ1) is 17.3. The molecular weight excluding hydrogens is 466 g/mol. The van der Waals surface area contributed by atoms with Crippen LogP contribution in [0.5, 0.6) is 17.2 Å². The second-order valence-corrected chi connectivity index (χ2v) is 8.95. The van der Waals surface area contributed by atoms with Gasteiger partial charge in [-0.15, -0.1) is 0 Å². The number of ketones is 1. The Balaban J connectivity index is 1.42. The van der Waals surface area contributed by atoms with E-state index in [1.807, 2.05) is 0 Å². The largest absolute Gasteiger partial charge is 0.493 e. The summed E-state index contributed by atoms with van der Waals surface area (Å²) >= 11 is 0. The summed E-state index contributed by atoms with van der Waals surface area (Å²) < 4.78 is 21.2. The van der Waals surface area contributed by atoms with E-state index in [2.05, 4.69) is 16.5 Å². The molecule has 2 N–H and O–H groups in total.